The summed E-state index contributed by atoms with van der Waals surface area (Å²) in [5.41, 5.74) is 1.13. The molecule has 0 fully saturated rings. The van der Waals surface area contributed by atoms with Gasteiger partial charge in [0.2, 0.25) is 5.43 Å². The molecule has 0 bridgehead atoms. The van der Waals surface area contributed by atoms with Gasteiger partial charge in [0.25, 0.3) is 0 Å². The van der Waals surface area contributed by atoms with Gasteiger partial charge in [0.05, 0.1) is 12.8 Å². The summed E-state index contributed by atoms with van der Waals surface area (Å²) in [4.78, 5) is 11.4. The zero-order chi connectivity index (χ0) is 13.1. The number of benzene rings is 1. The fourth-order valence-corrected chi connectivity index (χ4v) is 1.89. The van der Waals surface area contributed by atoms with Gasteiger partial charge in [-0.15, -0.1) is 0 Å². The van der Waals surface area contributed by atoms with Crippen molar-refractivity contribution in [1.29, 1.82) is 0 Å². The van der Waals surface area contributed by atoms with E-state index < -0.39 is 0 Å². The van der Waals surface area contributed by atoms with E-state index in [2.05, 4.69) is 0 Å². The van der Waals surface area contributed by atoms with E-state index in [1.54, 1.807) is 17.9 Å². The molecule has 0 aliphatic carbocycles. The van der Waals surface area contributed by atoms with Crippen molar-refractivity contribution in [2.75, 3.05) is 7.11 Å². The molecule has 94 valence electrons. The van der Waals surface area contributed by atoms with Crippen molar-refractivity contribution >= 4 is 0 Å². The molecule has 0 saturated heterocycles. The number of nitrogens with zero attached hydrogens (tertiary/aromatic N) is 1. The van der Waals surface area contributed by atoms with Gasteiger partial charge in [0.15, 0.2) is 5.75 Å². The molecule has 0 saturated carbocycles. The number of hydrogen-bond donors (Lipinski definition) is 1. The smallest absolute Gasteiger partial charge is 0.223 e. The van der Waals surface area contributed by atoms with Gasteiger partial charge < -0.3 is 14.4 Å². The lowest BCUT2D eigenvalue weighted by Gasteiger charge is -2.13. The molecule has 0 atom stereocenters. The highest BCUT2D eigenvalue weighted by atomic mass is 16.5. The fraction of sp³-hybridized carbons (Fsp3) is 0.214. The van der Waals surface area contributed by atoms with Crippen LogP contribution < -0.4 is 10.2 Å². The van der Waals surface area contributed by atoms with E-state index >= 15 is 0 Å². The summed E-state index contributed by atoms with van der Waals surface area (Å²) in [5, 5.41) is 9.78. The van der Waals surface area contributed by atoms with Crippen LogP contribution in [-0.2, 0) is 6.42 Å². The largest absolute Gasteiger partial charge is 0.503 e. The molecule has 1 aromatic heterocycles. The zero-order valence-electron chi connectivity index (χ0n) is 10.4. The van der Waals surface area contributed by atoms with Crippen LogP contribution >= 0.6 is 0 Å². The van der Waals surface area contributed by atoms with E-state index in [0.29, 0.717) is 12.1 Å². The number of aromatic nitrogens is 1. The maximum atomic E-state index is 11.4. The van der Waals surface area contributed by atoms with E-state index in [-0.39, 0.29) is 11.2 Å². The predicted octanol–water partition coefficient (Wildman–Crippen LogP) is 2.11. The van der Waals surface area contributed by atoms with Crippen LogP contribution in [0, 0.1) is 0 Å². The monoisotopic (exact) mass is 245 g/mol. The standard InChI is InChI=1S/C14H15NO3/c1-3-12-14(17)13(16)8-9-15(12)10-4-6-11(18-2)7-5-10/h4-9,17H,3H2,1-2H3. The third kappa shape index (κ3) is 2.09. The summed E-state index contributed by atoms with van der Waals surface area (Å²) >= 11 is 0. The lowest BCUT2D eigenvalue weighted by atomic mass is 10.2. The van der Waals surface area contributed by atoms with Crippen molar-refractivity contribution in [3.63, 3.8) is 0 Å². The van der Waals surface area contributed by atoms with Crippen molar-refractivity contribution < 1.29 is 9.84 Å². The summed E-state index contributed by atoms with van der Waals surface area (Å²) < 4.78 is 6.90. The molecule has 1 heterocycles. The molecule has 2 rings (SSSR count). The average Bonchev–Trinajstić information content (AvgIpc) is 2.42. The number of ether oxygens (including phenoxy) is 1. The predicted molar refractivity (Wildman–Crippen MR) is 69.6 cm³/mol. The van der Waals surface area contributed by atoms with Gasteiger partial charge in [0, 0.05) is 18.0 Å². The Kier molecular flexibility index (Phi) is 3.37. The number of rotatable bonds is 3. The van der Waals surface area contributed by atoms with E-state index in [4.69, 9.17) is 4.74 Å². The molecule has 1 aromatic carbocycles. The summed E-state index contributed by atoms with van der Waals surface area (Å²) in [6.07, 6.45) is 2.25. The highest BCUT2D eigenvalue weighted by molar-refractivity contribution is 5.41. The Hall–Kier alpha value is -2.23. The molecule has 0 unspecified atom stereocenters. The van der Waals surface area contributed by atoms with Crippen molar-refractivity contribution in [2.45, 2.75) is 13.3 Å². The molecule has 0 amide bonds. The second-order valence-electron chi connectivity index (χ2n) is 3.90. The first-order valence-electron chi connectivity index (χ1n) is 5.75. The Bertz CT molecular complexity index is 599. The topological polar surface area (TPSA) is 51.5 Å². The van der Waals surface area contributed by atoms with Crippen LogP contribution in [0.3, 0.4) is 0 Å². The number of methoxy groups -OCH3 is 1. The minimum Gasteiger partial charge on any atom is -0.503 e. The molecule has 0 aliphatic heterocycles. The van der Waals surface area contributed by atoms with Gasteiger partial charge in [0.1, 0.15) is 5.75 Å². The molecular formula is C14H15NO3. The molecule has 4 nitrogen and oxygen atoms in total. The third-order valence-corrected chi connectivity index (χ3v) is 2.86. The van der Waals surface area contributed by atoms with Crippen molar-refractivity contribution in [2.24, 2.45) is 0 Å². The van der Waals surface area contributed by atoms with Crippen molar-refractivity contribution in [1.82, 2.24) is 4.57 Å². The first-order chi connectivity index (χ1) is 8.67. The van der Waals surface area contributed by atoms with Crippen molar-refractivity contribution in [3.05, 3.63) is 52.4 Å². The molecule has 2 aromatic rings. The molecule has 0 spiro atoms. The zero-order valence-corrected chi connectivity index (χ0v) is 10.4. The van der Waals surface area contributed by atoms with Crippen LogP contribution in [-0.4, -0.2) is 16.8 Å². The SMILES string of the molecule is CCc1c(O)c(=O)ccn1-c1ccc(OC)cc1. The molecule has 0 radical (unpaired) electrons. The third-order valence-electron chi connectivity index (χ3n) is 2.86. The number of hydrogen-bond acceptors (Lipinski definition) is 3. The summed E-state index contributed by atoms with van der Waals surface area (Å²) in [6.45, 7) is 1.90. The Morgan fingerprint density at radius 2 is 1.89 bits per heavy atom. The van der Waals surface area contributed by atoms with Crippen LogP contribution in [0.1, 0.15) is 12.6 Å². The lowest BCUT2D eigenvalue weighted by molar-refractivity contribution is 0.414. The molecule has 0 aliphatic rings. The van der Waals surface area contributed by atoms with Gasteiger partial charge in [-0.05, 0) is 30.7 Å². The maximum absolute atomic E-state index is 11.4. The van der Waals surface area contributed by atoms with Gasteiger partial charge in [-0.25, -0.2) is 0 Å². The highest BCUT2D eigenvalue weighted by Crippen LogP contribution is 2.20. The molecular weight excluding hydrogens is 230 g/mol. The first-order valence-corrected chi connectivity index (χ1v) is 5.75. The van der Waals surface area contributed by atoms with E-state index in [1.807, 2.05) is 31.2 Å². The van der Waals surface area contributed by atoms with Crippen LogP contribution in [0.5, 0.6) is 11.5 Å². The Morgan fingerprint density at radius 1 is 1.22 bits per heavy atom. The summed E-state index contributed by atoms with van der Waals surface area (Å²) in [6, 6.07) is 8.79. The molecule has 1 N–H and O–H groups in total. The van der Waals surface area contributed by atoms with Gasteiger partial charge in [-0.3, -0.25) is 4.79 Å². The summed E-state index contributed by atoms with van der Waals surface area (Å²) in [7, 11) is 1.61. The summed E-state index contributed by atoms with van der Waals surface area (Å²) in [5.74, 6) is 0.581. The highest BCUT2D eigenvalue weighted by Gasteiger charge is 2.09. The first kappa shape index (κ1) is 12.2. The molecule has 18 heavy (non-hydrogen) atoms. The minimum atomic E-state index is -0.350. The fourth-order valence-electron chi connectivity index (χ4n) is 1.89. The normalized spacial score (nSPS) is 10.3. The number of pyridine rings is 1. The van der Waals surface area contributed by atoms with E-state index in [1.165, 1.54) is 6.07 Å². The van der Waals surface area contributed by atoms with Gasteiger partial charge >= 0.3 is 0 Å². The van der Waals surface area contributed by atoms with Crippen LogP contribution in [0.4, 0.5) is 0 Å². The van der Waals surface area contributed by atoms with Crippen LogP contribution in [0.15, 0.2) is 41.3 Å². The quantitative estimate of drug-likeness (QED) is 0.901. The Morgan fingerprint density at radius 3 is 2.44 bits per heavy atom. The lowest BCUT2D eigenvalue weighted by Crippen LogP contribution is -2.10. The molecule has 4 heteroatoms. The average molecular weight is 245 g/mol. The van der Waals surface area contributed by atoms with E-state index in [9.17, 15) is 9.90 Å². The van der Waals surface area contributed by atoms with Crippen LogP contribution in [0.25, 0.3) is 5.69 Å². The Balaban J connectivity index is 2.56. The van der Waals surface area contributed by atoms with Gasteiger partial charge in [-0.1, -0.05) is 6.92 Å². The van der Waals surface area contributed by atoms with E-state index in [0.717, 1.165) is 11.4 Å². The second kappa shape index (κ2) is 4.96. The minimum absolute atomic E-state index is 0.184. The van der Waals surface area contributed by atoms with Crippen molar-refractivity contribution in [3.8, 4) is 17.2 Å². The van der Waals surface area contributed by atoms with Crippen LogP contribution in [0.2, 0.25) is 0 Å². The van der Waals surface area contributed by atoms with Gasteiger partial charge in [-0.2, -0.15) is 0 Å². The number of aromatic hydroxyl groups is 1. The maximum Gasteiger partial charge on any atom is 0.223 e. The second-order valence-corrected chi connectivity index (χ2v) is 3.90. The Labute approximate surface area is 105 Å².